The maximum absolute atomic E-state index is 11.8. The molecule has 1 aromatic rings. The van der Waals surface area contributed by atoms with Gasteiger partial charge in [-0.25, -0.2) is 4.18 Å². The first-order valence-electron chi connectivity index (χ1n) is 7.48. The Hall–Kier alpha value is -0.990. The smallest absolute Gasteiger partial charge is 0.336 e. The summed E-state index contributed by atoms with van der Waals surface area (Å²) in [7, 11) is -2.55. The van der Waals surface area contributed by atoms with Gasteiger partial charge in [-0.05, 0) is 30.9 Å². The third-order valence-corrected chi connectivity index (χ3v) is 5.19. The van der Waals surface area contributed by atoms with E-state index >= 15 is 0 Å². The van der Waals surface area contributed by atoms with Gasteiger partial charge in [-0.15, -0.1) is 0 Å². The molecular formula is C15H21NO5S. The van der Waals surface area contributed by atoms with Crippen molar-refractivity contribution in [3.8, 4) is 0 Å². The molecule has 0 bridgehead atoms. The Balaban J connectivity index is 1.92. The Kier molecular flexibility index (Phi) is 4.26. The molecule has 0 aromatic heterocycles. The van der Waals surface area contributed by atoms with E-state index in [0.717, 1.165) is 36.8 Å². The number of aryl methyl sites for hydroxylation is 1. The number of ether oxygens (including phenoxy) is 2. The van der Waals surface area contributed by atoms with Crippen LogP contribution in [0.4, 0.5) is 0 Å². The highest BCUT2D eigenvalue weighted by atomic mass is 32.2. The zero-order chi connectivity index (χ0) is 15.8. The van der Waals surface area contributed by atoms with Gasteiger partial charge in [0.2, 0.25) is 6.29 Å². The Morgan fingerprint density at radius 1 is 1.23 bits per heavy atom. The molecule has 2 atom stereocenters. The van der Waals surface area contributed by atoms with Gasteiger partial charge < -0.3 is 9.47 Å². The molecule has 1 aliphatic carbocycles. The molecule has 1 saturated heterocycles. The molecule has 7 heteroatoms. The highest BCUT2D eigenvalue weighted by Gasteiger charge is 2.51. The highest BCUT2D eigenvalue weighted by molar-refractivity contribution is 7.84. The van der Waals surface area contributed by atoms with Crippen LogP contribution >= 0.6 is 0 Å². The number of nitrogens with one attached hydrogen (secondary N) is 1. The molecule has 1 spiro atoms. The van der Waals surface area contributed by atoms with Crippen molar-refractivity contribution in [3.63, 3.8) is 0 Å². The van der Waals surface area contributed by atoms with E-state index in [9.17, 15) is 8.42 Å². The standard InChI is InChI=1S/C15H21NO5S/c1-11-7-3-4-8-12(11)13-14(21-22(17,18)16-2)20-15(19-13)9-5-6-10-15/h3-4,7-8,13-14,16H,5-6,9-10H2,1-2H3. The first-order valence-corrected chi connectivity index (χ1v) is 8.88. The lowest BCUT2D eigenvalue weighted by molar-refractivity contribution is -0.188. The predicted octanol–water partition coefficient (Wildman–Crippen LogP) is 2.16. The molecule has 6 nitrogen and oxygen atoms in total. The number of rotatable bonds is 4. The zero-order valence-corrected chi connectivity index (χ0v) is 13.6. The zero-order valence-electron chi connectivity index (χ0n) is 12.7. The van der Waals surface area contributed by atoms with Crippen LogP contribution in [-0.4, -0.2) is 27.5 Å². The van der Waals surface area contributed by atoms with E-state index in [0.29, 0.717) is 0 Å². The van der Waals surface area contributed by atoms with Gasteiger partial charge in [0.1, 0.15) is 6.10 Å². The maximum atomic E-state index is 11.8. The van der Waals surface area contributed by atoms with Gasteiger partial charge in [0, 0.05) is 19.9 Å². The largest absolute Gasteiger partial charge is 0.338 e. The fourth-order valence-corrected chi connectivity index (χ4v) is 3.58. The summed E-state index contributed by atoms with van der Waals surface area (Å²) in [6.07, 6.45) is 2.00. The van der Waals surface area contributed by atoms with Crippen molar-refractivity contribution in [2.24, 2.45) is 0 Å². The van der Waals surface area contributed by atoms with Crippen molar-refractivity contribution in [1.29, 1.82) is 0 Å². The van der Waals surface area contributed by atoms with Crippen LogP contribution in [0.15, 0.2) is 24.3 Å². The topological polar surface area (TPSA) is 73.9 Å². The quantitative estimate of drug-likeness (QED) is 0.917. The molecule has 0 amide bonds. The van der Waals surface area contributed by atoms with Gasteiger partial charge in [-0.2, -0.15) is 13.1 Å². The van der Waals surface area contributed by atoms with E-state index in [2.05, 4.69) is 4.72 Å². The van der Waals surface area contributed by atoms with E-state index < -0.39 is 28.5 Å². The molecule has 2 aliphatic rings. The average molecular weight is 327 g/mol. The summed E-state index contributed by atoms with van der Waals surface area (Å²) in [5.41, 5.74) is 1.91. The van der Waals surface area contributed by atoms with E-state index in [-0.39, 0.29) is 0 Å². The SMILES string of the molecule is CNS(=O)(=O)OC1OC2(CCCC2)OC1c1ccccc1C. The Morgan fingerprint density at radius 3 is 2.55 bits per heavy atom. The molecule has 22 heavy (non-hydrogen) atoms. The van der Waals surface area contributed by atoms with Gasteiger partial charge in [0.15, 0.2) is 5.79 Å². The van der Waals surface area contributed by atoms with Gasteiger partial charge in [-0.1, -0.05) is 24.3 Å². The van der Waals surface area contributed by atoms with Crippen LogP contribution in [-0.2, 0) is 24.0 Å². The fraction of sp³-hybridized carbons (Fsp3) is 0.600. The average Bonchev–Trinajstić information content (AvgIpc) is 3.07. The van der Waals surface area contributed by atoms with E-state index in [1.807, 2.05) is 31.2 Å². The molecule has 2 fully saturated rings. The summed E-state index contributed by atoms with van der Waals surface area (Å²) in [5.74, 6) is -0.721. The van der Waals surface area contributed by atoms with Crippen LogP contribution in [0.5, 0.6) is 0 Å². The second-order valence-electron chi connectivity index (χ2n) is 5.75. The third-order valence-electron chi connectivity index (χ3n) is 4.25. The third kappa shape index (κ3) is 3.04. The normalized spacial score (nSPS) is 27.5. The lowest BCUT2D eigenvalue weighted by Gasteiger charge is -2.21. The minimum absolute atomic E-state index is 0.553. The lowest BCUT2D eigenvalue weighted by atomic mass is 10.0. The molecule has 3 rings (SSSR count). The number of hydrogen-bond donors (Lipinski definition) is 1. The van der Waals surface area contributed by atoms with Crippen LogP contribution in [0.3, 0.4) is 0 Å². The molecule has 2 unspecified atom stereocenters. The van der Waals surface area contributed by atoms with Crippen LogP contribution < -0.4 is 4.72 Å². The molecule has 1 heterocycles. The van der Waals surface area contributed by atoms with E-state index in [1.165, 1.54) is 7.05 Å². The molecule has 1 N–H and O–H groups in total. The first-order chi connectivity index (χ1) is 10.4. The van der Waals surface area contributed by atoms with E-state index in [1.54, 1.807) is 0 Å². The molecular weight excluding hydrogens is 306 g/mol. The fourth-order valence-electron chi connectivity index (χ4n) is 3.10. The van der Waals surface area contributed by atoms with Gasteiger partial charge in [-0.3, -0.25) is 0 Å². The summed E-state index contributed by atoms with van der Waals surface area (Å²) in [4.78, 5) is 0. The Labute approximate surface area is 131 Å². The highest BCUT2D eigenvalue weighted by Crippen LogP contribution is 2.48. The van der Waals surface area contributed by atoms with Crippen molar-refractivity contribution in [2.45, 2.75) is 50.8 Å². The van der Waals surface area contributed by atoms with Gasteiger partial charge in [0.05, 0.1) is 0 Å². The van der Waals surface area contributed by atoms with Gasteiger partial charge >= 0.3 is 10.3 Å². The second-order valence-corrected chi connectivity index (χ2v) is 7.26. The van der Waals surface area contributed by atoms with Crippen molar-refractivity contribution >= 4 is 10.3 Å². The first kappa shape index (κ1) is 15.9. The van der Waals surface area contributed by atoms with Crippen LogP contribution in [0.2, 0.25) is 0 Å². The van der Waals surface area contributed by atoms with Crippen molar-refractivity contribution in [2.75, 3.05) is 7.05 Å². The Bertz CT molecular complexity index is 639. The minimum atomic E-state index is -3.86. The molecule has 1 aromatic carbocycles. The number of benzene rings is 1. The number of hydrogen-bond acceptors (Lipinski definition) is 5. The van der Waals surface area contributed by atoms with E-state index in [4.69, 9.17) is 13.7 Å². The second kappa shape index (κ2) is 5.90. The molecule has 122 valence electrons. The molecule has 1 saturated carbocycles. The summed E-state index contributed by atoms with van der Waals surface area (Å²) < 4.78 is 42.9. The van der Waals surface area contributed by atoms with Crippen molar-refractivity contribution in [1.82, 2.24) is 4.72 Å². The van der Waals surface area contributed by atoms with Crippen LogP contribution in [0.25, 0.3) is 0 Å². The van der Waals surface area contributed by atoms with Crippen LogP contribution in [0.1, 0.15) is 42.9 Å². The summed E-state index contributed by atoms with van der Waals surface area (Å²) in [5, 5.41) is 0. The molecule has 1 aliphatic heterocycles. The lowest BCUT2D eigenvalue weighted by Crippen LogP contribution is -2.32. The van der Waals surface area contributed by atoms with Crippen LogP contribution in [0, 0.1) is 6.92 Å². The summed E-state index contributed by atoms with van der Waals surface area (Å²) in [6.45, 7) is 1.96. The maximum Gasteiger partial charge on any atom is 0.338 e. The predicted molar refractivity (Wildman–Crippen MR) is 80.1 cm³/mol. The monoisotopic (exact) mass is 327 g/mol. The van der Waals surface area contributed by atoms with Gasteiger partial charge in [0.25, 0.3) is 0 Å². The molecule has 0 radical (unpaired) electrons. The Morgan fingerprint density at radius 2 is 1.91 bits per heavy atom. The van der Waals surface area contributed by atoms with Crippen molar-refractivity contribution < 1.29 is 22.1 Å². The van der Waals surface area contributed by atoms with Crippen molar-refractivity contribution in [3.05, 3.63) is 35.4 Å². The summed E-state index contributed by atoms with van der Waals surface area (Å²) in [6, 6.07) is 7.71. The minimum Gasteiger partial charge on any atom is -0.336 e. The summed E-state index contributed by atoms with van der Waals surface area (Å²) >= 11 is 0.